The van der Waals surface area contributed by atoms with Crippen molar-refractivity contribution in [1.29, 1.82) is 0 Å². The number of amides is 1. The van der Waals surface area contributed by atoms with Crippen molar-refractivity contribution in [2.75, 3.05) is 6.54 Å². The van der Waals surface area contributed by atoms with E-state index < -0.39 is 6.10 Å². The van der Waals surface area contributed by atoms with Crippen LogP contribution in [0.5, 0.6) is 0 Å². The molecule has 1 unspecified atom stereocenters. The molecule has 4 heteroatoms. The van der Waals surface area contributed by atoms with Gasteiger partial charge in [0.05, 0.1) is 6.10 Å². The maximum absolute atomic E-state index is 11.5. The molecule has 0 aliphatic heterocycles. The second-order valence-electron chi connectivity index (χ2n) is 4.50. The molecule has 2 aromatic rings. The highest BCUT2D eigenvalue weighted by atomic mass is 32.1. The molecule has 0 saturated carbocycles. The maximum atomic E-state index is 11.5. The number of aliphatic hydroxyl groups is 1. The van der Waals surface area contributed by atoms with Gasteiger partial charge in [-0.05, 0) is 30.7 Å². The molecule has 0 radical (unpaired) electrons. The second kappa shape index (κ2) is 7.03. The topological polar surface area (TPSA) is 49.3 Å². The van der Waals surface area contributed by atoms with Crippen LogP contribution in [0.4, 0.5) is 0 Å². The number of carbonyl (C=O) groups is 1. The zero-order valence-electron chi connectivity index (χ0n) is 11.2. The van der Waals surface area contributed by atoms with Gasteiger partial charge in [-0.1, -0.05) is 30.3 Å². The van der Waals surface area contributed by atoms with E-state index in [9.17, 15) is 4.79 Å². The molecule has 0 bridgehead atoms. The number of nitrogens with one attached hydrogen (secondary N) is 1. The predicted molar refractivity (Wildman–Crippen MR) is 83.5 cm³/mol. The zero-order valence-corrected chi connectivity index (χ0v) is 12.1. The molecule has 0 spiro atoms. The normalized spacial score (nSPS) is 12.5. The van der Waals surface area contributed by atoms with Crippen molar-refractivity contribution in [3.8, 4) is 10.4 Å². The van der Waals surface area contributed by atoms with Crippen molar-refractivity contribution in [1.82, 2.24) is 5.32 Å². The van der Waals surface area contributed by atoms with Crippen LogP contribution < -0.4 is 5.32 Å². The molecule has 3 nitrogen and oxygen atoms in total. The van der Waals surface area contributed by atoms with E-state index in [0.29, 0.717) is 0 Å². The molecule has 0 aliphatic rings. The van der Waals surface area contributed by atoms with Crippen molar-refractivity contribution in [3.63, 3.8) is 0 Å². The van der Waals surface area contributed by atoms with Gasteiger partial charge in [-0.2, -0.15) is 0 Å². The minimum absolute atomic E-state index is 0.194. The minimum atomic E-state index is -0.529. The first-order valence-corrected chi connectivity index (χ1v) is 7.26. The van der Waals surface area contributed by atoms with Crippen molar-refractivity contribution < 1.29 is 9.90 Å². The van der Waals surface area contributed by atoms with E-state index in [4.69, 9.17) is 5.11 Å². The molecule has 20 heavy (non-hydrogen) atoms. The molecule has 0 saturated heterocycles. The van der Waals surface area contributed by atoms with Crippen LogP contribution in [0.3, 0.4) is 0 Å². The molecule has 1 atom stereocenters. The summed E-state index contributed by atoms with van der Waals surface area (Å²) in [6.45, 7) is 1.90. The molecular weight excluding hydrogens is 270 g/mol. The summed E-state index contributed by atoms with van der Waals surface area (Å²) in [6.07, 6.45) is 2.75. The average Bonchev–Trinajstić information content (AvgIpc) is 2.93. The SMILES string of the molecule is CC(O)CNC(=O)/C=C/c1ccc(-c2ccccc2)s1. The van der Waals surface area contributed by atoms with Gasteiger partial charge in [0.25, 0.3) is 0 Å². The van der Waals surface area contributed by atoms with Crippen molar-refractivity contribution >= 4 is 23.3 Å². The Hall–Kier alpha value is -1.91. The Morgan fingerprint density at radius 3 is 2.75 bits per heavy atom. The van der Waals surface area contributed by atoms with Gasteiger partial charge in [-0.15, -0.1) is 11.3 Å². The number of carbonyl (C=O) groups excluding carboxylic acids is 1. The van der Waals surface area contributed by atoms with E-state index >= 15 is 0 Å². The lowest BCUT2D eigenvalue weighted by molar-refractivity contribution is -0.116. The van der Waals surface area contributed by atoms with E-state index in [1.165, 1.54) is 16.5 Å². The lowest BCUT2D eigenvalue weighted by Crippen LogP contribution is -2.28. The van der Waals surface area contributed by atoms with E-state index in [2.05, 4.69) is 17.4 Å². The summed E-state index contributed by atoms with van der Waals surface area (Å²) in [7, 11) is 0. The number of hydrogen-bond acceptors (Lipinski definition) is 3. The molecule has 2 rings (SSSR count). The smallest absolute Gasteiger partial charge is 0.244 e. The average molecular weight is 287 g/mol. The van der Waals surface area contributed by atoms with Crippen LogP contribution in [0.2, 0.25) is 0 Å². The second-order valence-corrected chi connectivity index (χ2v) is 5.61. The fourth-order valence-corrected chi connectivity index (χ4v) is 2.58. The van der Waals surface area contributed by atoms with Gasteiger partial charge in [0, 0.05) is 22.4 Å². The Labute approximate surface area is 122 Å². The van der Waals surface area contributed by atoms with Gasteiger partial charge >= 0.3 is 0 Å². The van der Waals surface area contributed by atoms with Crippen LogP contribution >= 0.6 is 11.3 Å². The molecule has 2 N–H and O–H groups in total. The van der Waals surface area contributed by atoms with Gasteiger partial charge < -0.3 is 10.4 Å². The minimum Gasteiger partial charge on any atom is -0.392 e. The Kier molecular flexibility index (Phi) is 5.09. The maximum Gasteiger partial charge on any atom is 0.244 e. The molecular formula is C16H17NO2S. The summed E-state index contributed by atoms with van der Waals surface area (Å²) in [5.41, 5.74) is 1.18. The highest BCUT2D eigenvalue weighted by molar-refractivity contribution is 7.16. The fraction of sp³-hybridized carbons (Fsp3) is 0.188. The van der Waals surface area contributed by atoms with Crippen LogP contribution in [0.1, 0.15) is 11.8 Å². The first kappa shape index (κ1) is 14.5. The quantitative estimate of drug-likeness (QED) is 0.831. The molecule has 1 aromatic carbocycles. The molecule has 1 heterocycles. The van der Waals surface area contributed by atoms with E-state index in [-0.39, 0.29) is 12.5 Å². The first-order chi connectivity index (χ1) is 9.65. The Bertz CT molecular complexity index is 588. The molecule has 0 fully saturated rings. The predicted octanol–water partition coefficient (Wildman–Crippen LogP) is 2.93. The molecule has 1 amide bonds. The van der Waals surface area contributed by atoms with Gasteiger partial charge in [-0.3, -0.25) is 4.79 Å². The summed E-state index contributed by atoms with van der Waals surface area (Å²) in [6, 6.07) is 14.2. The highest BCUT2D eigenvalue weighted by Gasteiger charge is 2.01. The number of thiophene rings is 1. The Balaban J connectivity index is 1.98. The number of hydrogen-bond donors (Lipinski definition) is 2. The summed E-state index contributed by atoms with van der Waals surface area (Å²) in [4.78, 5) is 13.7. The number of rotatable bonds is 5. The molecule has 1 aromatic heterocycles. The van der Waals surface area contributed by atoms with Crippen molar-refractivity contribution in [2.24, 2.45) is 0 Å². The lowest BCUT2D eigenvalue weighted by Gasteiger charge is -2.03. The van der Waals surface area contributed by atoms with Crippen molar-refractivity contribution in [3.05, 3.63) is 53.4 Å². The third-order valence-corrected chi connectivity index (χ3v) is 3.76. The Morgan fingerprint density at radius 2 is 2.05 bits per heavy atom. The summed E-state index contributed by atoms with van der Waals surface area (Å²) < 4.78 is 0. The summed E-state index contributed by atoms with van der Waals surface area (Å²) in [5.74, 6) is -0.194. The highest BCUT2D eigenvalue weighted by Crippen LogP contribution is 2.28. The number of aliphatic hydroxyl groups excluding tert-OH is 1. The number of benzene rings is 1. The van der Waals surface area contributed by atoms with Gasteiger partial charge in [-0.25, -0.2) is 0 Å². The third-order valence-electron chi connectivity index (χ3n) is 2.66. The van der Waals surface area contributed by atoms with E-state index in [0.717, 1.165) is 4.88 Å². The fourth-order valence-electron chi connectivity index (χ4n) is 1.67. The Morgan fingerprint density at radius 1 is 1.30 bits per heavy atom. The monoisotopic (exact) mass is 287 g/mol. The molecule has 104 valence electrons. The largest absolute Gasteiger partial charge is 0.392 e. The van der Waals surface area contributed by atoms with Crippen LogP contribution in [0.25, 0.3) is 16.5 Å². The van der Waals surface area contributed by atoms with E-state index in [1.54, 1.807) is 24.3 Å². The zero-order chi connectivity index (χ0) is 14.4. The van der Waals surface area contributed by atoms with Gasteiger partial charge in [0.1, 0.15) is 0 Å². The van der Waals surface area contributed by atoms with Crippen LogP contribution in [0, 0.1) is 0 Å². The third kappa shape index (κ3) is 4.33. The van der Waals surface area contributed by atoms with E-state index in [1.807, 2.05) is 30.3 Å². The summed E-state index contributed by atoms with van der Waals surface area (Å²) in [5, 5.41) is 11.7. The van der Waals surface area contributed by atoms with Crippen LogP contribution in [-0.4, -0.2) is 23.7 Å². The molecule has 0 aliphatic carbocycles. The van der Waals surface area contributed by atoms with Gasteiger partial charge in [0.15, 0.2) is 0 Å². The van der Waals surface area contributed by atoms with Gasteiger partial charge in [0.2, 0.25) is 5.91 Å². The summed E-state index contributed by atoms with van der Waals surface area (Å²) >= 11 is 1.64. The standard InChI is InChI=1S/C16H17NO2S/c1-12(18)11-17-16(19)10-8-14-7-9-15(20-14)13-5-3-2-4-6-13/h2-10,12,18H,11H2,1H3,(H,17,19)/b10-8+. The van der Waals surface area contributed by atoms with Crippen LogP contribution in [-0.2, 0) is 4.79 Å². The van der Waals surface area contributed by atoms with Crippen molar-refractivity contribution in [2.45, 2.75) is 13.0 Å². The first-order valence-electron chi connectivity index (χ1n) is 6.44. The lowest BCUT2D eigenvalue weighted by atomic mass is 10.2. The van der Waals surface area contributed by atoms with Crippen LogP contribution in [0.15, 0.2) is 48.5 Å².